The van der Waals surface area contributed by atoms with Crippen LogP contribution in [0, 0.1) is 0 Å². The Labute approximate surface area is 262 Å². The molecule has 0 fully saturated rings. The van der Waals surface area contributed by atoms with E-state index in [1.54, 1.807) is 54.6 Å². The Bertz CT molecular complexity index is 1580. The Morgan fingerprint density at radius 1 is 0.907 bits per heavy atom. The Morgan fingerprint density at radius 2 is 1.67 bits per heavy atom. The first-order valence-corrected chi connectivity index (χ1v) is 14.4. The van der Waals surface area contributed by atoms with Gasteiger partial charge >= 0.3 is 0 Å². The van der Waals surface area contributed by atoms with E-state index in [-0.39, 0.29) is 12.5 Å². The molecule has 4 rings (SSSR count). The number of amides is 2. The minimum absolute atomic E-state index is 0.246. The number of nitrogens with one attached hydrogen (secondary N) is 2. The molecule has 0 aliphatic carbocycles. The maximum Gasteiger partial charge on any atom is 0.271 e. The van der Waals surface area contributed by atoms with Gasteiger partial charge in [-0.15, -0.1) is 0 Å². The second-order valence-corrected chi connectivity index (χ2v) is 10.2. The Morgan fingerprint density at radius 3 is 2.40 bits per heavy atom. The lowest BCUT2D eigenvalue weighted by atomic mass is 10.2. The molecule has 0 spiro atoms. The van der Waals surface area contributed by atoms with Crippen LogP contribution < -0.4 is 29.7 Å². The van der Waals surface area contributed by atoms with Crippen LogP contribution >= 0.6 is 27.5 Å². The molecule has 0 unspecified atom stereocenters. The number of hydrogen-bond acceptors (Lipinski definition) is 7. The van der Waals surface area contributed by atoms with Gasteiger partial charge in [-0.3, -0.25) is 9.59 Å². The number of rotatable bonds is 13. The summed E-state index contributed by atoms with van der Waals surface area (Å²) in [4.78, 5) is 25.2. The zero-order valence-electron chi connectivity index (χ0n) is 23.4. The van der Waals surface area contributed by atoms with Crippen molar-refractivity contribution < 1.29 is 28.5 Å². The monoisotopic (exact) mass is 665 g/mol. The van der Waals surface area contributed by atoms with Crippen molar-refractivity contribution in [2.45, 2.75) is 13.5 Å². The van der Waals surface area contributed by atoms with Crippen molar-refractivity contribution in [2.24, 2.45) is 5.10 Å². The standard InChI is InChI=1S/C32H29BrClN3O6/c1-3-41-29-16-22(15-26(33)31(29)43-20-30(38)36-25-12-10-24(34)11-13-25)18-35-37-32(39)23-9-14-27(28(17-23)40-2)42-19-21-7-5-4-6-8-21/h4-18H,3,19-20H2,1-2H3,(H,36,38)(H,37,39)/b35-18+. The molecular weight excluding hydrogens is 638 g/mol. The number of carbonyl (C=O) groups is 2. The molecule has 0 aromatic heterocycles. The molecular formula is C32H29BrClN3O6. The van der Waals surface area contributed by atoms with Crippen LogP contribution in [-0.4, -0.2) is 38.4 Å². The number of ether oxygens (including phenoxy) is 4. The summed E-state index contributed by atoms with van der Waals surface area (Å²) < 4.78 is 23.3. The van der Waals surface area contributed by atoms with Crippen LogP contribution in [0.2, 0.25) is 5.02 Å². The smallest absolute Gasteiger partial charge is 0.271 e. The molecule has 0 saturated carbocycles. The second-order valence-electron chi connectivity index (χ2n) is 8.95. The SMILES string of the molecule is CCOc1cc(/C=N/NC(=O)c2ccc(OCc3ccccc3)c(OC)c2)cc(Br)c1OCC(=O)Nc1ccc(Cl)cc1. The van der Waals surface area contributed by atoms with Crippen molar-refractivity contribution in [2.75, 3.05) is 25.6 Å². The lowest BCUT2D eigenvalue weighted by Crippen LogP contribution is -2.20. The largest absolute Gasteiger partial charge is 0.493 e. The van der Waals surface area contributed by atoms with Gasteiger partial charge in [0.2, 0.25) is 0 Å². The lowest BCUT2D eigenvalue weighted by molar-refractivity contribution is -0.118. The first kappa shape index (κ1) is 31.4. The maximum atomic E-state index is 12.8. The molecule has 43 heavy (non-hydrogen) atoms. The third kappa shape index (κ3) is 9.22. The fourth-order valence-electron chi connectivity index (χ4n) is 3.83. The highest BCUT2D eigenvalue weighted by Crippen LogP contribution is 2.36. The molecule has 0 bridgehead atoms. The van der Waals surface area contributed by atoms with E-state index in [0.717, 1.165) is 5.56 Å². The Balaban J connectivity index is 1.37. The Kier molecular flexibility index (Phi) is 11.4. The number of hydrazone groups is 1. The van der Waals surface area contributed by atoms with E-state index >= 15 is 0 Å². The summed E-state index contributed by atoms with van der Waals surface area (Å²) in [7, 11) is 1.51. The van der Waals surface area contributed by atoms with Crippen molar-refractivity contribution in [3.63, 3.8) is 0 Å². The van der Waals surface area contributed by atoms with Crippen molar-refractivity contribution in [3.8, 4) is 23.0 Å². The molecule has 222 valence electrons. The summed E-state index contributed by atoms with van der Waals surface area (Å²) in [6.45, 7) is 2.32. The Hall–Kier alpha value is -4.54. The first-order valence-electron chi connectivity index (χ1n) is 13.2. The van der Waals surface area contributed by atoms with Gasteiger partial charge in [-0.2, -0.15) is 5.10 Å². The van der Waals surface area contributed by atoms with E-state index in [0.29, 0.717) is 62.5 Å². The molecule has 2 amide bonds. The summed E-state index contributed by atoms with van der Waals surface area (Å²) >= 11 is 9.36. The fraction of sp³-hybridized carbons (Fsp3) is 0.156. The quantitative estimate of drug-likeness (QED) is 0.119. The molecule has 0 aliphatic rings. The summed E-state index contributed by atoms with van der Waals surface area (Å²) in [6.07, 6.45) is 1.47. The zero-order chi connectivity index (χ0) is 30.6. The molecule has 4 aromatic carbocycles. The second kappa shape index (κ2) is 15.6. The van der Waals surface area contributed by atoms with Crippen LogP contribution in [0.1, 0.15) is 28.4 Å². The number of halogens is 2. The number of anilines is 1. The maximum absolute atomic E-state index is 12.8. The van der Waals surface area contributed by atoms with E-state index < -0.39 is 5.91 Å². The van der Waals surface area contributed by atoms with Crippen molar-refractivity contribution in [3.05, 3.63) is 111 Å². The molecule has 0 heterocycles. The zero-order valence-corrected chi connectivity index (χ0v) is 25.8. The van der Waals surface area contributed by atoms with E-state index in [4.69, 9.17) is 30.5 Å². The molecule has 11 heteroatoms. The molecule has 2 N–H and O–H groups in total. The van der Waals surface area contributed by atoms with Gasteiger partial charge in [0.05, 0.1) is 24.4 Å². The third-order valence-electron chi connectivity index (χ3n) is 5.85. The molecule has 9 nitrogen and oxygen atoms in total. The van der Waals surface area contributed by atoms with Gasteiger partial charge < -0.3 is 24.3 Å². The van der Waals surface area contributed by atoms with Crippen LogP contribution in [0.15, 0.2) is 94.5 Å². The average molecular weight is 667 g/mol. The highest BCUT2D eigenvalue weighted by Gasteiger charge is 2.15. The van der Waals surface area contributed by atoms with Crippen LogP contribution in [0.4, 0.5) is 5.69 Å². The first-order chi connectivity index (χ1) is 20.9. The van der Waals surface area contributed by atoms with Gasteiger partial charge in [0.1, 0.15) is 6.61 Å². The number of carbonyl (C=O) groups excluding carboxylic acids is 2. The van der Waals surface area contributed by atoms with Crippen LogP contribution in [0.25, 0.3) is 0 Å². The van der Waals surface area contributed by atoms with Gasteiger partial charge in [0, 0.05) is 16.3 Å². The van der Waals surface area contributed by atoms with E-state index in [9.17, 15) is 9.59 Å². The number of benzene rings is 4. The third-order valence-corrected chi connectivity index (χ3v) is 6.69. The van der Waals surface area contributed by atoms with E-state index in [1.807, 2.05) is 37.3 Å². The van der Waals surface area contributed by atoms with Crippen molar-refractivity contribution >= 4 is 51.2 Å². The summed E-state index contributed by atoms with van der Waals surface area (Å²) in [5.41, 5.74) is 5.09. The van der Waals surface area contributed by atoms with Crippen molar-refractivity contribution in [1.82, 2.24) is 5.43 Å². The summed E-state index contributed by atoms with van der Waals surface area (Å²) in [5, 5.41) is 7.40. The molecule has 4 aromatic rings. The number of methoxy groups -OCH3 is 1. The van der Waals surface area contributed by atoms with Crippen molar-refractivity contribution in [1.29, 1.82) is 0 Å². The molecule has 0 saturated heterocycles. The normalized spacial score (nSPS) is 10.7. The minimum atomic E-state index is -0.431. The van der Waals surface area contributed by atoms with Gasteiger partial charge in [-0.25, -0.2) is 5.43 Å². The molecule has 0 aliphatic heterocycles. The van der Waals surface area contributed by atoms with Gasteiger partial charge in [-0.1, -0.05) is 41.9 Å². The van der Waals surface area contributed by atoms with Crippen LogP contribution in [0.3, 0.4) is 0 Å². The minimum Gasteiger partial charge on any atom is -0.493 e. The highest BCUT2D eigenvalue weighted by molar-refractivity contribution is 9.10. The lowest BCUT2D eigenvalue weighted by Gasteiger charge is -2.14. The van der Waals surface area contributed by atoms with E-state index in [2.05, 4.69) is 31.8 Å². The summed E-state index contributed by atoms with van der Waals surface area (Å²) in [5.74, 6) is 0.924. The predicted molar refractivity (Wildman–Crippen MR) is 170 cm³/mol. The summed E-state index contributed by atoms with van der Waals surface area (Å²) in [6, 6.07) is 24.8. The molecule has 0 atom stereocenters. The fourth-order valence-corrected chi connectivity index (χ4v) is 4.53. The number of nitrogens with zero attached hydrogens (tertiary/aromatic N) is 1. The van der Waals surface area contributed by atoms with Gasteiger partial charge in [-0.05, 0) is 88.6 Å². The molecule has 0 radical (unpaired) electrons. The van der Waals surface area contributed by atoms with Crippen LogP contribution in [-0.2, 0) is 11.4 Å². The van der Waals surface area contributed by atoms with Gasteiger partial charge in [0.15, 0.2) is 29.6 Å². The van der Waals surface area contributed by atoms with Gasteiger partial charge in [0.25, 0.3) is 11.8 Å². The predicted octanol–water partition coefficient (Wildman–Crippen LogP) is 6.87. The van der Waals surface area contributed by atoms with Crippen LogP contribution in [0.5, 0.6) is 23.0 Å². The highest BCUT2D eigenvalue weighted by atomic mass is 79.9. The topological polar surface area (TPSA) is 107 Å². The van der Waals surface area contributed by atoms with E-state index in [1.165, 1.54) is 13.3 Å². The average Bonchev–Trinajstić information content (AvgIpc) is 3.01. The number of hydrogen-bond donors (Lipinski definition) is 2.